The second-order valence-corrected chi connectivity index (χ2v) is 4.50. The first-order chi connectivity index (χ1) is 8.10. The Morgan fingerprint density at radius 3 is 2.53 bits per heavy atom. The average molecular weight is 237 g/mol. The number of carboxylic acids is 1. The molecule has 1 aliphatic carbocycles. The van der Waals surface area contributed by atoms with E-state index >= 15 is 0 Å². The van der Waals surface area contributed by atoms with E-state index in [-0.39, 0.29) is 12.3 Å². The summed E-state index contributed by atoms with van der Waals surface area (Å²) in [6.07, 6.45) is 3.75. The number of carbonyl (C=O) groups is 2. The minimum absolute atomic E-state index is 0.0991. The third-order valence-corrected chi connectivity index (χ3v) is 3.26. The minimum atomic E-state index is -0.835. The van der Waals surface area contributed by atoms with Crippen LogP contribution in [0, 0.1) is 17.3 Å². The predicted octanol–water partition coefficient (Wildman–Crippen LogP) is 1.55. The summed E-state index contributed by atoms with van der Waals surface area (Å²) in [5, 5.41) is 11.9. The molecule has 0 spiro atoms. The fraction of sp³-hybridized carbons (Fsp3) is 0.692. The molecule has 0 saturated heterocycles. The Morgan fingerprint density at radius 1 is 1.35 bits per heavy atom. The minimum Gasteiger partial charge on any atom is -0.481 e. The third-order valence-electron chi connectivity index (χ3n) is 3.26. The van der Waals surface area contributed by atoms with Crippen LogP contribution in [-0.4, -0.2) is 23.5 Å². The van der Waals surface area contributed by atoms with Gasteiger partial charge >= 0.3 is 5.97 Å². The van der Waals surface area contributed by atoms with Gasteiger partial charge in [0.15, 0.2) is 0 Å². The van der Waals surface area contributed by atoms with Crippen molar-refractivity contribution in [2.45, 2.75) is 45.4 Å². The number of nitrogens with one attached hydrogen (secondary N) is 1. The van der Waals surface area contributed by atoms with Gasteiger partial charge in [-0.1, -0.05) is 12.8 Å². The van der Waals surface area contributed by atoms with Crippen LogP contribution in [0.2, 0.25) is 0 Å². The van der Waals surface area contributed by atoms with Gasteiger partial charge in [-0.3, -0.25) is 9.59 Å². The average Bonchev–Trinajstić information content (AvgIpc) is 2.74. The van der Waals surface area contributed by atoms with Crippen molar-refractivity contribution in [3.05, 3.63) is 0 Å². The summed E-state index contributed by atoms with van der Waals surface area (Å²) in [7, 11) is 0. The van der Waals surface area contributed by atoms with Crippen molar-refractivity contribution in [1.82, 2.24) is 5.32 Å². The lowest BCUT2D eigenvalue weighted by atomic mass is 9.82. The number of rotatable bonds is 5. The second-order valence-electron chi connectivity index (χ2n) is 4.50. The fourth-order valence-electron chi connectivity index (χ4n) is 2.28. The Labute approximate surface area is 102 Å². The molecule has 0 aromatic heterocycles. The highest BCUT2D eigenvalue weighted by molar-refractivity contribution is 5.85. The summed E-state index contributed by atoms with van der Waals surface area (Å²) in [5.74, 6) is 4.58. The van der Waals surface area contributed by atoms with Crippen molar-refractivity contribution in [1.29, 1.82) is 0 Å². The van der Waals surface area contributed by atoms with Crippen LogP contribution in [0.1, 0.15) is 45.4 Å². The first-order valence-electron chi connectivity index (χ1n) is 6.00. The molecule has 17 heavy (non-hydrogen) atoms. The molecule has 2 N–H and O–H groups in total. The monoisotopic (exact) mass is 237 g/mol. The molecule has 1 amide bonds. The maximum absolute atomic E-state index is 11.6. The molecule has 4 heteroatoms. The van der Waals surface area contributed by atoms with Gasteiger partial charge in [0.2, 0.25) is 5.91 Å². The molecule has 1 rings (SSSR count). The van der Waals surface area contributed by atoms with Crippen LogP contribution < -0.4 is 5.32 Å². The van der Waals surface area contributed by atoms with E-state index in [0.717, 1.165) is 12.8 Å². The lowest BCUT2D eigenvalue weighted by Gasteiger charge is -2.22. The molecule has 4 nitrogen and oxygen atoms in total. The molecule has 0 heterocycles. The Bertz CT molecular complexity index is 345. The van der Waals surface area contributed by atoms with Gasteiger partial charge in [0.1, 0.15) is 0 Å². The normalized spacial score (nSPS) is 17.0. The van der Waals surface area contributed by atoms with Crippen molar-refractivity contribution < 1.29 is 14.7 Å². The Balaban J connectivity index is 2.42. The highest BCUT2D eigenvalue weighted by Gasteiger charge is 2.42. The van der Waals surface area contributed by atoms with Gasteiger partial charge in [0.25, 0.3) is 0 Å². The zero-order chi connectivity index (χ0) is 12.7. The molecule has 94 valence electrons. The maximum atomic E-state index is 11.6. The highest BCUT2D eigenvalue weighted by atomic mass is 16.4. The number of amides is 1. The summed E-state index contributed by atoms with van der Waals surface area (Å²) in [4.78, 5) is 22.9. The van der Waals surface area contributed by atoms with Crippen LogP contribution in [0.5, 0.6) is 0 Å². The largest absolute Gasteiger partial charge is 0.481 e. The lowest BCUT2D eigenvalue weighted by molar-refractivity contribution is -0.151. The van der Waals surface area contributed by atoms with Crippen molar-refractivity contribution in [3.63, 3.8) is 0 Å². The van der Waals surface area contributed by atoms with E-state index in [4.69, 9.17) is 0 Å². The van der Waals surface area contributed by atoms with Gasteiger partial charge in [-0.05, 0) is 19.8 Å². The molecule has 1 fully saturated rings. The van der Waals surface area contributed by atoms with Crippen molar-refractivity contribution in [2.24, 2.45) is 5.41 Å². The highest BCUT2D eigenvalue weighted by Crippen LogP contribution is 2.41. The van der Waals surface area contributed by atoms with Crippen molar-refractivity contribution in [3.8, 4) is 11.8 Å². The predicted molar refractivity (Wildman–Crippen MR) is 64.2 cm³/mol. The summed E-state index contributed by atoms with van der Waals surface area (Å²) in [5.41, 5.74) is -0.819. The van der Waals surface area contributed by atoms with Crippen molar-refractivity contribution in [2.75, 3.05) is 6.54 Å². The van der Waals surface area contributed by atoms with Gasteiger partial charge < -0.3 is 10.4 Å². The molecule has 0 aliphatic heterocycles. The van der Waals surface area contributed by atoms with E-state index in [2.05, 4.69) is 17.2 Å². The van der Waals surface area contributed by atoms with Gasteiger partial charge in [0, 0.05) is 19.4 Å². The number of hydrogen-bond donors (Lipinski definition) is 2. The molecule has 1 aliphatic rings. The second kappa shape index (κ2) is 6.29. The lowest BCUT2D eigenvalue weighted by Crippen LogP contribution is -2.36. The van der Waals surface area contributed by atoms with E-state index in [1.807, 2.05) is 0 Å². The first kappa shape index (κ1) is 13.6. The molecular formula is C13H19NO3. The van der Waals surface area contributed by atoms with Crippen LogP contribution in [0.15, 0.2) is 0 Å². The number of aliphatic carboxylic acids is 1. The summed E-state index contributed by atoms with van der Waals surface area (Å²) < 4.78 is 0. The van der Waals surface area contributed by atoms with Gasteiger partial charge in [-0.25, -0.2) is 0 Å². The zero-order valence-corrected chi connectivity index (χ0v) is 10.2. The quantitative estimate of drug-likeness (QED) is 0.563. The Morgan fingerprint density at radius 2 is 2.00 bits per heavy atom. The smallest absolute Gasteiger partial charge is 0.310 e. The molecule has 0 atom stereocenters. The summed E-state index contributed by atoms with van der Waals surface area (Å²) in [6, 6.07) is 0. The Kier molecular flexibility index (Phi) is 5.02. The first-order valence-corrected chi connectivity index (χ1v) is 6.00. The van der Waals surface area contributed by atoms with Gasteiger partial charge in [-0.15, -0.1) is 11.8 Å². The molecular weight excluding hydrogens is 218 g/mol. The fourth-order valence-corrected chi connectivity index (χ4v) is 2.28. The molecule has 1 saturated carbocycles. The SMILES string of the molecule is CC#CCCNC(=O)CC1(C(=O)O)CCCC1. The van der Waals surface area contributed by atoms with E-state index in [0.29, 0.717) is 25.8 Å². The van der Waals surface area contributed by atoms with E-state index in [1.165, 1.54) is 0 Å². The zero-order valence-electron chi connectivity index (χ0n) is 10.2. The molecule has 0 bridgehead atoms. The third kappa shape index (κ3) is 3.77. The number of hydrogen-bond acceptors (Lipinski definition) is 2. The van der Waals surface area contributed by atoms with Crippen LogP contribution in [0.4, 0.5) is 0 Å². The molecule has 0 aromatic rings. The molecule has 0 unspecified atom stereocenters. The topological polar surface area (TPSA) is 66.4 Å². The molecule has 0 aromatic carbocycles. The summed E-state index contributed by atoms with van der Waals surface area (Å²) >= 11 is 0. The maximum Gasteiger partial charge on any atom is 0.310 e. The van der Waals surface area contributed by atoms with Crippen molar-refractivity contribution >= 4 is 11.9 Å². The standard InChI is InChI=1S/C13H19NO3/c1-2-3-6-9-14-11(15)10-13(12(16)17)7-4-5-8-13/h4-10H2,1H3,(H,14,15)(H,16,17). The van der Waals surface area contributed by atoms with Crippen LogP contribution in [0.3, 0.4) is 0 Å². The van der Waals surface area contributed by atoms with Crippen LogP contribution in [0.25, 0.3) is 0 Å². The molecule has 0 radical (unpaired) electrons. The van der Waals surface area contributed by atoms with Crippen LogP contribution >= 0.6 is 0 Å². The van der Waals surface area contributed by atoms with E-state index in [1.54, 1.807) is 6.92 Å². The van der Waals surface area contributed by atoms with E-state index < -0.39 is 11.4 Å². The van der Waals surface area contributed by atoms with Gasteiger partial charge in [0.05, 0.1) is 5.41 Å². The Hall–Kier alpha value is -1.50. The van der Waals surface area contributed by atoms with E-state index in [9.17, 15) is 14.7 Å². The number of carbonyl (C=O) groups excluding carboxylic acids is 1. The van der Waals surface area contributed by atoms with Crippen LogP contribution in [-0.2, 0) is 9.59 Å². The summed E-state index contributed by atoms with van der Waals surface area (Å²) in [6.45, 7) is 2.25. The number of carboxylic acid groups (broad SMARTS) is 1. The van der Waals surface area contributed by atoms with Gasteiger partial charge in [-0.2, -0.15) is 0 Å².